The van der Waals surface area contributed by atoms with Crippen LogP contribution in [-0.4, -0.2) is 10.7 Å². The largest absolute Gasteiger partial charge is 0.386 e. The van der Waals surface area contributed by atoms with Crippen molar-refractivity contribution < 1.29 is 5.11 Å². The van der Waals surface area contributed by atoms with Gasteiger partial charge in [0.1, 0.15) is 0 Å². The molecule has 114 valence electrons. The zero-order chi connectivity index (χ0) is 14.8. The van der Waals surface area contributed by atoms with Gasteiger partial charge in [0.25, 0.3) is 0 Å². The molecule has 0 aromatic carbocycles. The van der Waals surface area contributed by atoms with Gasteiger partial charge in [0.05, 0.1) is 5.60 Å². The van der Waals surface area contributed by atoms with Gasteiger partial charge >= 0.3 is 0 Å². The van der Waals surface area contributed by atoms with Crippen molar-refractivity contribution in [3.8, 4) is 0 Å². The van der Waals surface area contributed by atoms with Crippen LogP contribution in [0.5, 0.6) is 0 Å². The maximum absolute atomic E-state index is 11.0. The maximum Gasteiger partial charge on any atom is 0.0856 e. The van der Waals surface area contributed by atoms with E-state index in [1.807, 2.05) is 0 Å². The van der Waals surface area contributed by atoms with E-state index in [1.165, 1.54) is 56.1 Å². The van der Waals surface area contributed by atoms with Gasteiger partial charge in [-0.25, -0.2) is 0 Å². The molecule has 0 radical (unpaired) electrons. The third-order valence-corrected chi connectivity index (χ3v) is 5.71. The molecule has 2 aliphatic carbocycles. The fourth-order valence-corrected chi connectivity index (χ4v) is 4.21. The first-order chi connectivity index (χ1) is 9.39. The molecule has 1 nitrogen and oxygen atoms in total. The number of aliphatic hydroxyl groups is 1. The molecular formula is C19H32O. The minimum atomic E-state index is -0.586. The van der Waals surface area contributed by atoms with Crippen molar-refractivity contribution in [3.63, 3.8) is 0 Å². The van der Waals surface area contributed by atoms with Crippen LogP contribution in [0.15, 0.2) is 23.3 Å². The molecule has 1 heteroatoms. The fourth-order valence-electron chi connectivity index (χ4n) is 4.21. The van der Waals surface area contributed by atoms with Crippen molar-refractivity contribution >= 4 is 0 Å². The van der Waals surface area contributed by atoms with Crippen LogP contribution in [0.1, 0.15) is 79.1 Å². The van der Waals surface area contributed by atoms with Crippen LogP contribution in [-0.2, 0) is 0 Å². The highest BCUT2D eigenvalue weighted by Gasteiger charge is 2.35. The van der Waals surface area contributed by atoms with Gasteiger partial charge in [-0.05, 0) is 62.4 Å². The predicted molar refractivity (Wildman–Crippen MR) is 86.7 cm³/mol. The highest BCUT2D eigenvalue weighted by molar-refractivity contribution is 5.34. The minimum absolute atomic E-state index is 0.267. The molecule has 0 heterocycles. The molecule has 0 spiro atoms. The van der Waals surface area contributed by atoms with E-state index in [0.29, 0.717) is 5.92 Å². The second-order valence-electron chi connectivity index (χ2n) is 7.59. The maximum atomic E-state index is 11.0. The van der Waals surface area contributed by atoms with Gasteiger partial charge in [0.2, 0.25) is 0 Å². The Morgan fingerprint density at radius 1 is 1.25 bits per heavy atom. The van der Waals surface area contributed by atoms with Crippen LogP contribution in [0.25, 0.3) is 0 Å². The lowest BCUT2D eigenvalue weighted by Gasteiger charge is -2.35. The summed E-state index contributed by atoms with van der Waals surface area (Å²) in [6.07, 6.45) is 14.0. The molecule has 0 aromatic heterocycles. The molecule has 1 N–H and O–H groups in total. The number of hydrogen-bond donors (Lipinski definition) is 1. The summed E-state index contributed by atoms with van der Waals surface area (Å²) in [5, 5.41) is 11.0. The minimum Gasteiger partial charge on any atom is -0.386 e. The Kier molecular flexibility index (Phi) is 4.79. The van der Waals surface area contributed by atoms with E-state index in [9.17, 15) is 5.11 Å². The van der Waals surface area contributed by atoms with E-state index >= 15 is 0 Å². The summed E-state index contributed by atoms with van der Waals surface area (Å²) in [4.78, 5) is 0. The first kappa shape index (κ1) is 15.8. The van der Waals surface area contributed by atoms with Crippen molar-refractivity contribution in [2.24, 2.45) is 11.3 Å². The zero-order valence-electron chi connectivity index (χ0n) is 13.8. The van der Waals surface area contributed by atoms with Gasteiger partial charge in [-0.1, -0.05) is 51.3 Å². The summed E-state index contributed by atoms with van der Waals surface area (Å²) in [5.74, 6) is 0.469. The summed E-state index contributed by atoms with van der Waals surface area (Å²) >= 11 is 0. The van der Waals surface area contributed by atoms with E-state index in [1.54, 1.807) is 0 Å². The van der Waals surface area contributed by atoms with Gasteiger partial charge in [0, 0.05) is 0 Å². The second-order valence-corrected chi connectivity index (χ2v) is 7.59. The molecule has 1 fully saturated rings. The van der Waals surface area contributed by atoms with Crippen molar-refractivity contribution in [3.05, 3.63) is 23.3 Å². The number of allylic oxidation sites excluding steroid dienone is 3. The van der Waals surface area contributed by atoms with E-state index in [2.05, 4.69) is 39.8 Å². The Morgan fingerprint density at radius 3 is 2.45 bits per heavy atom. The summed E-state index contributed by atoms with van der Waals surface area (Å²) in [7, 11) is 0. The third-order valence-electron chi connectivity index (χ3n) is 5.71. The number of rotatable bonds is 4. The second kappa shape index (κ2) is 6.05. The van der Waals surface area contributed by atoms with Crippen molar-refractivity contribution in [2.75, 3.05) is 0 Å². The number of hydrogen-bond acceptors (Lipinski definition) is 1. The zero-order valence-corrected chi connectivity index (χ0v) is 13.8. The molecule has 2 rings (SSSR count). The van der Waals surface area contributed by atoms with E-state index in [-0.39, 0.29) is 5.41 Å². The molecule has 2 aliphatic rings. The first-order valence-electron chi connectivity index (χ1n) is 8.51. The Hall–Kier alpha value is -0.560. The molecule has 1 saturated carbocycles. The third kappa shape index (κ3) is 3.19. The topological polar surface area (TPSA) is 20.2 Å². The molecule has 0 aromatic rings. The lowest BCUT2D eigenvalue weighted by molar-refractivity contribution is 0.0268. The summed E-state index contributed by atoms with van der Waals surface area (Å²) in [5.41, 5.74) is 2.66. The highest BCUT2D eigenvalue weighted by Crippen LogP contribution is 2.42. The van der Waals surface area contributed by atoms with Crippen LogP contribution in [0.4, 0.5) is 0 Å². The van der Waals surface area contributed by atoms with E-state index in [4.69, 9.17) is 0 Å². The van der Waals surface area contributed by atoms with Gasteiger partial charge in [-0.15, -0.1) is 0 Å². The smallest absolute Gasteiger partial charge is 0.0856 e. The summed E-state index contributed by atoms with van der Waals surface area (Å²) in [6.45, 7) is 9.07. The Bertz CT molecular complexity index is 396. The quantitative estimate of drug-likeness (QED) is 0.729. The van der Waals surface area contributed by atoms with E-state index < -0.39 is 5.60 Å². The van der Waals surface area contributed by atoms with Gasteiger partial charge < -0.3 is 5.11 Å². The molecular weight excluding hydrogens is 244 g/mol. The molecule has 0 aliphatic heterocycles. The lowest BCUT2D eigenvalue weighted by atomic mass is 9.72. The predicted octanol–water partition coefficient (Wildman–Crippen LogP) is 5.40. The van der Waals surface area contributed by atoms with Gasteiger partial charge in [-0.2, -0.15) is 0 Å². The molecule has 0 amide bonds. The highest BCUT2D eigenvalue weighted by atomic mass is 16.3. The monoisotopic (exact) mass is 276 g/mol. The van der Waals surface area contributed by atoms with Crippen molar-refractivity contribution in [1.29, 1.82) is 0 Å². The van der Waals surface area contributed by atoms with Crippen LogP contribution >= 0.6 is 0 Å². The molecule has 1 atom stereocenters. The Morgan fingerprint density at radius 2 is 1.90 bits per heavy atom. The first-order valence-corrected chi connectivity index (χ1v) is 8.51. The average Bonchev–Trinajstić information content (AvgIpc) is 2.91. The molecule has 0 saturated heterocycles. The van der Waals surface area contributed by atoms with Crippen LogP contribution in [0.3, 0.4) is 0 Å². The summed E-state index contributed by atoms with van der Waals surface area (Å²) in [6, 6.07) is 0. The van der Waals surface area contributed by atoms with Crippen molar-refractivity contribution in [1.82, 2.24) is 0 Å². The molecule has 20 heavy (non-hydrogen) atoms. The standard InChI is InChI=1S/C19H32O/c1-5-19(20,16-10-6-7-11-16)14-12-17-15(2)9-8-13-18(17,3)4/h12,14,16,20H,5-11,13H2,1-4H3. The van der Waals surface area contributed by atoms with Crippen LogP contribution in [0, 0.1) is 11.3 Å². The normalized spacial score (nSPS) is 27.2. The Labute approximate surface area is 125 Å². The SMILES string of the molecule is CCC(O)(C=CC1=C(C)CCCC1(C)C)C1CCCC1. The molecule has 1 unspecified atom stereocenters. The van der Waals surface area contributed by atoms with Gasteiger partial charge in [-0.3, -0.25) is 0 Å². The average molecular weight is 276 g/mol. The summed E-state index contributed by atoms with van der Waals surface area (Å²) < 4.78 is 0. The van der Waals surface area contributed by atoms with Gasteiger partial charge in [0.15, 0.2) is 0 Å². The van der Waals surface area contributed by atoms with Crippen LogP contribution < -0.4 is 0 Å². The van der Waals surface area contributed by atoms with Crippen molar-refractivity contribution in [2.45, 2.75) is 84.7 Å². The fraction of sp³-hybridized carbons (Fsp3) is 0.789. The molecule has 0 bridgehead atoms. The van der Waals surface area contributed by atoms with E-state index in [0.717, 1.165) is 6.42 Å². The Balaban J connectivity index is 2.21. The van der Waals surface area contributed by atoms with Crippen LogP contribution in [0.2, 0.25) is 0 Å². The lowest BCUT2D eigenvalue weighted by Crippen LogP contribution is -2.33.